The summed E-state index contributed by atoms with van der Waals surface area (Å²) in [7, 11) is 0. The van der Waals surface area contributed by atoms with Crippen LogP contribution in [0.25, 0.3) is 0 Å². The van der Waals surface area contributed by atoms with Crippen molar-refractivity contribution >= 4 is 0 Å². The van der Waals surface area contributed by atoms with Gasteiger partial charge in [0.05, 0.1) is 0 Å². The van der Waals surface area contributed by atoms with Gasteiger partial charge in [0.1, 0.15) is 41.8 Å². The normalized spacial score (nSPS) is 15.2. The largest absolute Gasteiger partial charge is 0.486 e. The zero-order valence-corrected chi connectivity index (χ0v) is 13.2. The first-order valence-corrected chi connectivity index (χ1v) is 7.32. The molecule has 24 heavy (non-hydrogen) atoms. The summed E-state index contributed by atoms with van der Waals surface area (Å²) in [4.78, 5) is 0. The van der Waals surface area contributed by atoms with Crippen LogP contribution in [-0.2, 0) is 9.47 Å². The highest BCUT2D eigenvalue weighted by molar-refractivity contribution is 5.35. The summed E-state index contributed by atoms with van der Waals surface area (Å²) in [6, 6.07) is 9.66. The van der Waals surface area contributed by atoms with Gasteiger partial charge in [0.2, 0.25) is 5.79 Å². The Labute approximate surface area is 138 Å². The molecule has 0 amide bonds. The quantitative estimate of drug-likeness (QED) is 0.790. The summed E-state index contributed by atoms with van der Waals surface area (Å²) in [6.07, 6.45) is 1.52. The average Bonchev–Trinajstić information content (AvgIpc) is 2.85. The van der Waals surface area contributed by atoms with E-state index in [0.29, 0.717) is 17.3 Å². The number of hydrogen-bond donors (Lipinski definition) is 0. The number of ether oxygens (including phenoxy) is 4. The first kappa shape index (κ1) is 16.1. The third-order valence-corrected chi connectivity index (χ3v) is 3.13. The minimum atomic E-state index is -0.695. The molecule has 0 aromatic heterocycles. The van der Waals surface area contributed by atoms with Gasteiger partial charge >= 0.3 is 0 Å². The molecule has 0 saturated carbocycles. The Morgan fingerprint density at radius 3 is 2.12 bits per heavy atom. The summed E-state index contributed by atoms with van der Waals surface area (Å²) < 4.78 is 48.1. The summed E-state index contributed by atoms with van der Waals surface area (Å²) in [5.41, 5.74) is 0. The fourth-order valence-corrected chi connectivity index (χ4v) is 2.12. The van der Waals surface area contributed by atoms with Gasteiger partial charge in [-0.1, -0.05) is 0 Å². The van der Waals surface area contributed by atoms with E-state index in [-0.39, 0.29) is 12.4 Å². The molecule has 2 aromatic rings. The Balaban J connectivity index is 1.57. The van der Waals surface area contributed by atoms with Crippen LogP contribution < -0.4 is 9.47 Å². The molecule has 0 atom stereocenters. The number of rotatable bonds is 5. The molecule has 0 aliphatic carbocycles. The van der Waals surface area contributed by atoms with Crippen LogP contribution >= 0.6 is 0 Å². The lowest BCUT2D eigenvalue weighted by atomic mass is 10.3. The van der Waals surface area contributed by atoms with E-state index in [1.165, 1.54) is 6.26 Å². The third-order valence-electron chi connectivity index (χ3n) is 3.13. The van der Waals surface area contributed by atoms with Crippen LogP contribution in [-0.4, -0.2) is 12.4 Å². The van der Waals surface area contributed by atoms with Crippen LogP contribution in [0.3, 0.4) is 0 Å². The van der Waals surface area contributed by atoms with Gasteiger partial charge in [0, 0.05) is 32.0 Å². The lowest BCUT2D eigenvalue weighted by Crippen LogP contribution is -2.21. The molecule has 0 spiro atoms. The van der Waals surface area contributed by atoms with Crippen LogP contribution in [0.1, 0.15) is 13.8 Å². The van der Waals surface area contributed by atoms with E-state index < -0.39 is 17.4 Å². The second kappa shape index (κ2) is 6.39. The van der Waals surface area contributed by atoms with Crippen molar-refractivity contribution in [3.63, 3.8) is 0 Å². The van der Waals surface area contributed by atoms with E-state index in [1.54, 1.807) is 38.1 Å². The minimum absolute atomic E-state index is 0.0880. The van der Waals surface area contributed by atoms with E-state index >= 15 is 0 Å². The van der Waals surface area contributed by atoms with Crippen molar-refractivity contribution in [3.05, 3.63) is 66.1 Å². The van der Waals surface area contributed by atoms with Gasteiger partial charge in [-0.15, -0.1) is 0 Å². The zero-order valence-electron chi connectivity index (χ0n) is 13.2. The molecule has 0 radical (unpaired) electrons. The van der Waals surface area contributed by atoms with Crippen LogP contribution in [0.5, 0.6) is 17.2 Å². The number of hydrogen-bond acceptors (Lipinski definition) is 4. The fraction of sp³-hybridized carbons (Fsp3) is 0.222. The smallest absolute Gasteiger partial charge is 0.244 e. The molecule has 6 heteroatoms. The number of benzene rings is 2. The minimum Gasteiger partial charge on any atom is -0.486 e. The van der Waals surface area contributed by atoms with Gasteiger partial charge in [0.15, 0.2) is 5.76 Å². The molecule has 4 nitrogen and oxygen atoms in total. The molecule has 2 aromatic carbocycles. The lowest BCUT2D eigenvalue weighted by molar-refractivity contribution is -0.119. The van der Waals surface area contributed by atoms with Gasteiger partial charge < -0.3 is 18.9 Å². The third kappa shape index (κ3) is 4.16. The fourth-order valence-electron chi connectivity index (χ4n) is 2.12. The monoisotopic (exact) mass is 334 g/mol. The predicted octanol–water partition coefficient (Wildman–Crippen LogP) is 4.76. The van der Waals surface area contributed by atoms with Crippen LogP contribution in [0.15, 0.2) is 54.5 Å². The van der Waals surface area contributed by atoms with Crippen molar-refractivity contribution in [2.75, 3.05) is 6.61 Å². The Morgan fingerprint density at radius 2 is 1.54 bits per heavy atom. The maximum atomic E-state index is 13.1. The van der Waals surface area contributed by atoms with Gasteiger partial charge in [0.25, 0.3) is 0 Å². The Bertz CT molecular complexity index is 734. The average molecular weight is 334 g/mol. The topological polar surface area (TPSA) is 36.9 Å². The molecule has 0 N–H and O–H groups in total. The molecule has 0 fully saturated rings. The number of halogens is 2. The highest BCUT2D eigenvalue weighted by atomic mass is 19.1. The van der Waals surface area contributed by atoms with Crippen molar-refractivity contribution in [1.29, 1.82) is 0 Å². The first-order chi connectivity index (χ1) is 11.4. The van der Waals surface area contributed by atoms with E-state index in [2.05, 4.69) is 0 Å². The summed E-state index contributed by atoms with van der Waals surface area (Å²) in [5.74, 6) is -0.341. The maximum absolute atomic E-state index is 13.1. The van der Waals surface area contributed by atoms with E-state index in [0.717, 1.165) is 18.2 Å². The lowest BCUT2D eigenvalue weighted by Gasteiger charge is -2.18. The van der Waals surface area contributed by atoms with Crippen LogP contribution in [0.4, 0.5) is 8.78 Å². The molecule has 3 rings (SSSR count). The van der Waals surface area contributed by atoms with Crippen LogP contribution in [0.2, 0.25) is 0 Å². The second-order valence-corrected chi connectivity index (χ2v) is 5.67. The Morgan fingerprint density at radius 1 is 0.917 bits per heavy atom. The van der Waals surface area contributed by atoms with Crippen molar-refractivity contribution in [2.45, 2.75) is 19.6 Å². The molecular formula is C18H16F2O4. The Kier molecular flexibility index (Phi) is 4.29. The van der Waals surface area contributed by atoms with Crippen LogP contribution in [0, 0.1) is 11.6 Å². The summed E-state index contributed by atoms with van der Waals surface area (Å²) >= 11 is 0. The highest BCUT2D eigenvalue weighted by Crippen LogP contribution is 2.27. The SMILES string of the molecule is CC1(C)OC=C(COc2ccc(Oc3cc(F)cc(F)c3)cc2)O1. The van der Waals surface area contributed by atoms with Crippen molar-refractivity contribution in [1.82, 2.24) is 0 Å². The molecular weight excluding hydrogens is 318 g/mol. The standard InChI is InChI=1S/C18H16F2O4/c1-18(2)22-11-17(24-18)10-21-14-3-5-15(6-4-14)23-16-8-12(19)7-13(20)9-16/h3-9,11H,10H2,1-2H3. The van der Waals surface area contributed by atoms with Gasteiger partial charge in [-0.3, -0.25) is 0 Å². The second-order valence-electron chi connectivity index (χ2n) is 5.67. The molecule has 1 aliphatic heterocycles. The molecule has 0 unspecified atom stereocenters. The van der Waals surface area contributed by atoms with Crippen molar-refractivity contribution in [2.24, 2.45) is 0 Å². The summed E-state index contributed by atoms with van der Waals surface area (Å²) in [5, 5.41) is 0. The van der Waals surface area contributed by atoms with Crippen molar-refractivity contribution < 1.29 is 27.7 Å². The van der Waals surface area contributed by atoms with Gasteiger partial charge in [-0.2, -0.15) is 0 Å². The van der Waals surface area contributed by atoms with Gasteiger partial charge in [-0.25, -0.2) is 8.78 Å². The van der Waals surface area contributed by atoms with E-state index in [4.69, 9.17) is 18.9 Å². The highest BCUT2D eigenvalue weighted by Gasteiger charge is 2.27. The zero-order chi connectivity index (χ0) is 17.2. The van der Waals surface area contributed by atoms with E-state index in [1.807, 2.05) is 0 Å². The van der Waals surface area contributed by atoms with Gasteiger partial charge in [-0.05, 0) is 24.3 Å². The molecule has 1 heterocycles. The molecule has 126 valence electrons. The molecule has 0 bridgehead atoms. The summed E-state index contributed by atoms with van der Waals surface area (Å²) in [6.45, 7) is 3.84. The predicted molar refractivity (Wildman–Crippen MR) is 82.7 cm³/mol. The molecule has 0 saturated heterocycles. The maximum Gasteiger partial charge on any atom is 0.244 e. The molecule has 1 aliphatic rings. The first-order valence-electron chi connectivity index (χ1n) is 7.32. The van der Waals surface area contributed by atoms with Crippen molar-refractivity contribution in [3.8, 4) is 17.2 Å². The Hall–Kier alpha value is -2.76. The van der Waals surface area contributed by atoms with E-state index in [9.17, 15) is 8.78 Å².